The zero-order valence-corrected chi connectivity index (χ0v) is 11.9. The average molecular weight is 292 g/mol. The van der Waals surface area contributed by atoms with Gasteiger partial charge in [-0.2, -0.15) is 0 Å². The van der Waals surface area contributed by atoms with E-state index in [1.165, 1.54) is 12.4 Å². The maximum atomic E-state index is 12.0. The zero-order chi connectivity index (χ0) is 14.5. The average Bonchev–Trinajstić information content (AvgIpc) is 2.38. The Bertz CT molecular complexity index is 617. The standard InChI is InChI=1S/C14H14ClN3O2/c1-9(2)20-11-5-3-4-10(6-11)17-14(19)12-7-16-8-13(15)18-12/h3-9H,1-2H3,(H,17,19). The number of hydrogen-bond donors (Lipinski definition) is 1. The van der Waals surface area contributed by atoms with Crippen LogP contribution in [0.25, 0.3) is 0 Å². The van der Waals surface area contributed by atoms with Crippen molar-refractivity contribution < 1.29 is 9.53 Å². The van der Waals surface area contributed by atoms with Crippen molar-refractivity contribution in [3.05, 3.63) is 47.5 Å². The number of hydrogen-bond acceptors (Lipinski definition) is 4. The summed E-state index contributed by atoms with van der Waals surface area (Å²) in [6.07, 6.45) is 2.80. The molecule has 6 heteroatoms. The van der Waals surface area contributed by atoms with Crippen molar-refractivity contribution in [3.63, 3.8) is 0 Å². The molecule has 0 atom stereocenters. The van der Waals surface area contributed by atoms with Gasteiger partial charge in [0.1, 0.15) is 16.6 Å². The molecule has 0 fully saturated rings. The molecule has 0 bridgehead atoms. The van der Waals surface area contributed by atoms with Crippen LogP contribution in [0, 0.1) is 0 Å². The Morgan fingerprint density at radius 3 is 2.85 bits per heavy atom. The molecule has 0 spiro atoms. The predicted molar refractivity (Wildman–Crippen MR) is 77.2 cm³/mol. The molecular weight excluding hydrogens is 278 g/mol. The van der Waals surface area contributed by atoms with E-state index in [0.29, 0.717) is 11.4 Å². The minimum atomic E-state index is -0.373. The van der Waals surface area contributed by atoms with Crippen LogP contribution in [0.1, 0.15) is 24.3 Å². The van der Waals surface area contributed by atoms with E-state index in [1.54, 1.807) is 18.2 Å². The second-order valence-electron chi connectivity index (χ2n) is 4.38. The van der Waals surface area contributed by atoms with Gasteiger partial charge in [0.05, 0.1) is 18.5 Å². The second-order valence-corrected chi connectivity index (χ2v) is 4.76. The van der Waals surface area contributed by atoms with E-state index < -0.39 is 0 Å². The number of rotatable bonds is 4. The Hall–Kier alpha value is -2.14. The third kappa shape index (κ3) is 3.93. The number of ether oxygens (including phenoxy) is 1. The third-order valence-electron chi connectivity index (χ3n) is 2.30. The molecule has 20 heavy (non-hydrogen) atoms. The van der Waals surface area contributed by atoms with E-state index in [4.69, 9.17) is 16.3 Å². The number of halogens is 1. The minimum Gasteiger partial charge on any atom is -0.491 e. The second kappa shape index (κ2) is 6.34. The van der Waals surface area contributed by atoms with Crippen molar-refractivity contribution in [2.45, 2.75) is 20.0 Å². The number of anilines is 1. The smallest absolute Gasteiger partial charge is 0.275 e. The van der Waals surface area contributed by atoms with Crippen LogP contribution in [-0.4, -0.2) is 22.0 Å². The highest BCUT2D eigenvalue weighted by atomic mass is 35.5. The number of carbonyl (C=O) groups excluding carboxylic acids is 1. The maximum Gasteiger partial charge on any atom is 0.275 e. The van der Waals surface area contributed by atoms with Crippen molar-refractivity contribution in [2.75, 3.05) is 5.32 Å². The van der Waals surface area contributed by atoms with Crippen LogP contribution >= 0.6 is 11.6 Å². The van der Waals surface area contributed by atoms with Crippen LogP contribution in [0.4, 0.5) is 5.69 Å². The molecule has 0 saturated heterocycles. The van der Waals surface area contributed by atoms with Gasteiger partial charge in [-0.05, 0) is 26.0 Å². The Balaban J connectivity index is 2.11. The lowest BCUT2D eigenvalue weighted by Crippen LogP contribution is -2.14. The Morgan fingerprint density at radius 1 is 1.35 bits per heavy atom. The number of carbonyl (C=O) groups is 1. The monoisotopic (exact) mass is 291 g/mol. The summed E-state index contributed by atoms with van der Waals surface area (Å²) < 4.78 is 5.56. The summed E-state index contributed by atoms with van der Waals surface area (Å²) in [6, 6.07) is 7.14. The number of nitrogens with zero attached hydrogens (tertiary/aromatic N) is 2. The van der Waals surface area contributed by atoms with Crippen LogP contribution in [0.3, 0.4) is 0 Å². The summed E-state index contributed by atoms with van der Waals surface area (Å²) in [4.78, 5) is 19.7. The van der Waals surface area contributed by atoms with E-state index in [9.17, 15) is 4.79 Å². The first kappa shape index (κ1) is 14.3. The van der Waals surface area contributed by atoms with Gasteiger partial charge in [0.25, 0.3) is 5.91 Å². The summed E-state index contributed by atoms with van der Waals surface area (Å²) in [7, 11) is 0. The summed E-state index contributed by atoms with van der Waals surface area (Å²) in [5, 5.41) is 2.89. The van der Waals surface area contributed by atoms with Gasteiger partial charge in [-0.3, -0.25) is 9.78 Å². The van der Waals surface area contributed by atoms with Gasteiger partial charge in [-0.15, -0.1) is 0 Å². The summed E-state index contributed by atoms with van der Waals surface area (Å²) in [6.45, 7) is 3.87. The molecule has 1 N–H and O–H groups in total. The topological polar surface area (TPSA) is 64.1 Å². The van der Waals surface area contributed by atoms with Gasteiger partial charge in [-0.1, -0.05) is 17.7 Å². The molecule has 1 heterocycles. The molecule has 0 aliphatic carbocycles. The minimum absolute atomic E-state index is 0.0692. The Morgan fingerprint density at radius 2 is 2.15 bits per heavy atom. The van der Waals surface area contributed by atoms with Crippen LogP contribution in [0.2, 0.25) is 5.15 Å². The summed E-state index contributed by atoms with van der Waals surface area (Å²) >= 11 is 5.70. The molecule has 1 aromatic carbocycles. The van der Waals surface area contributed by atoms with Crippen LogP contribution < -0.4 is 10.1 Å². The molecule has 0 aliphatic rings. The molecule has 1 aromatic heterocycles. The number of amides is 1. The molecule has 1 amide bonds. The fourth-order valence-electron chi connectivity index (χ4n) is 1.57. The lowest BCUT2D eigenvalue weighted by atomic mass is 10.3. The molecule has 0 radical (unpaired) electrons. The fourth-order valence-corrected chi connectivity index (χ4v) is 1.71. The Kier molecular flexibility index (Phi) is 4.53. The van der Waals surface area contributed by atoms with Gasteiger partial charge >= 0.3 is 0 Å². The van der Waals surface area contributed by atoms with E-state index >= 15 is 0 Å². The van der Waals surface area contributed by atoms with Crippen molar-refractivity contribution in [2.24, 2.45) is 0 Å². The van der Waals surface area contributed by atoms with Crippen molar-refractivity contribution >= 4 is 23.2 Å². The lowest BCUT2D eigenvalue weighted by molar-refractivity contribution is 0.102. The van der Waals surface area contributed by atoms with E-state index in [-0.39, 0.29) is 22.9 Å². The number of benzene rings is 1. The van der Waals surface area contributed by atoms with E-state index in [0.717, 1.165) is 0 Å². The molecule has 2 aromatic rings. The predicted octanol–water partition coefficient (Wildman–Crippen LogP) is 3.17. The highest BCUT2D eigenvalue weighted by Gasteiger charge is 2.09. The van der Waals surface area contributed by atoms with Gasteiger partial charge < -0.3 is 10.1 Å². The van der Waals surface area contributed by atoms with E-state index in [1.807, 2.05) is 19.9 Å². The molecule has 104 valence electrons. The third-order valence-corrected chi connectivity index (χ3v) is 2.48. The number of nitrogens with one attached hydrogen (secondary N) is 1. The normalized spacial score (nSPS) is 10.4. The SMILES string of the molecule is CC(C)Oc1cccc(NC(=O)c2cncc(Cl)n2)c1. The van der Waals surface area contributed by atoms with Crippen molar-refractivity contribution in [1.29, 1.82) is 0 Å². The first-order valence-corrected chi connectivity index (χ1v) is 6.48. The number of aromatic nitrogens is 2. The fraction of sp³-hybridized carbons (Fsp3) is 0.214. The van der Waals surface area contributed by atoms with E-state index in [2.05, 4.69) is 15.3 Å². The zero-order valence-electron chi connectivity index (χ0n) is 11.1. The van der Waals surface area contributed by atoms with Gasteiger partial charge in [0.2, 0.25) is 0 Å². The molecule has 0 unspecified atom stereocenters. The maximum absolute atomic E-state index is 12.0. The molecular formula is C14H14ClN3O2. The van der Waals surface area contributed by atoms with Gasteiger partial charge in [0.15, 0.2) is 0 Å². The van der Waals surface area contributed by atoms with Crippen LogP contribution in [0.15, 0.2) is 36.7 Å². The molecule has 2 rings (SSSR count). The van der Waals surface area contributed by atoms with Crippen molar-refractivity contribution in [1.82, 2.24) is 9.97 Å². The first-order chi connectivity index (χ1) is 9.54. The van der Waals surface area contributed by atoms with Crippen molar-refractivity contribution in [3.8, 4) is 5.75 Å². The molecule has 5 nitrogen and oxygen atoms in total. The highest BCUT2D eigenvalue weighted by Crippen LogP contribution is 2.19. The first-order valence-electron chi connectivity index (χ1n) is 6.10. The van der Waals surface area contributed by atoms with Crippen LogP contribution in [-0.2, 0) is 0 Å². The summed E-state index contributed by atoms with van der Waals surface area (Å²) in [5.41, 5.74) is 0.780. The largest absolute Gasteiger partial charge is 0.491 e. The molecule has 0 aliphatic heterocycles. The lowest BCUT2D eigenvalue weighted by Gasteiger charge is -2.11. The van der Waals surface area contributed by atoms with Gasteiger partial charge in [0, 0.05) is 11.8 Å². The Labute approximate surface area is 122 Å². The quantitative estimate of drug-likeness (QED) is 0.940. The van der Waals surface area contributed by atoms with Crippen LogP contribution in [0.5, 0.6) is 5.75 Å². The molecule has 0 saturated carbocycles. The summed E-state index contributed by atoms with van der Waals surface area (Å²) in [5.74, 6) is 0.316. The van der Waals surface area contributed by atoms with Gasteiger partial charge in [-0.25, -0.2) is 4.98 Å². The highest BCUT2D eigenvalue weighted by molar-refractivity contribution is 6.29.